The third-order valence-electron chi connectivity index (χ3n) is 3.27. The van der Waals surface area contributed by atoms with E-state index in [4.69, 9.17) is 4.74 Å². The lowest BCUT2D eigenvalue weighted by Crippen LogP contribution is -2.42. The van der Waals surface area contributed by atoms with Gasteiger partial charge in [-0.2, -0.15) is 0 Å². The lowest BCUT2D eigenvalue weighted by Gasteiger charge is -2.31. The van der Waals surface area contributed by atoms with E-state index in [0.717, 1.165) is 18.5 Å². The molecule has 1 fully saturated rings. The second-order valence-corrected chi connectivity index (χ2v) is 5.88. The first-order valence-corrected chi connectivity index (χ1v) is 6.44. The Hall–Kier alpha value is -1.35. The van der Waals surface area contributed by atoms with E-state index in [2.05, 4.69) is 5.32 Å². The molecule has 1 aliphatic rings. The summed E-state index contributed by atoms with van der Waals surface area (Å²) in [6.45, 7) is 7.24. The summed E-state index contributed by atoms with van der Waals surface area (Å²) < 4.78 is 5.60. The van der Waals surface area contributed by atoms with Crippen LogP contribution in [0.2, 0.25) is 0 Å². The number of ether oxygens (including phenoxy) is 1. The molecule has 3 heteroatoms. The van der Waals surface area contributed by atoms with Crippen molar-refractivity contribution in [3.8, 4) is 0 Å². The molecule has 0 bridgehead atoms. The number of carbonyl (C=O) groups is 1. The molecule has 0 aliphatic carbocycles. The molecule has 1 aromatic carbocycles. The quantitative estimate of drug-likeness (QED) is 0.815. The number of carbonyl (C=O) groups excluding carboxylic acids is 1. The van der Waals surface area contributed by atoms with E-state index in [-0.39, 0.29) is 5.97 Å². The average molecular weight is 247 g/mol. The van der Waals surface area contributed by atoms with Gasteiger partial charge in [0, 0.05) is 6.54 Å². The predicted octanol–water partition coefficient (Wildman–Crippen LogP) is 2.26. The molecule has 1 N–H and O–H groups in total. The van der Waals surface area contributed by atoms with E-state index in [0.29, 0.717) is 6.54 Å². The molecule has 0 aromatic heterocycles. The molecule has 1 aliphatic heterocycles. The number of nitrogens with one attached hydrogen (secondary N) is 1. The van der Waals surface area contributed by atoms with E-state index in [1.807, 2.05) is 51.1 Å². The minimum absolute atomic E-state index is 0.119. The highest BCUT2D eigenvalue weighted by Gasteiger charge is 2.45. The molecule has 1 saturated heterocycles. The van der Waals surface area contributed by atoms with Crippen molar-refractivity contribution >= 4 is 5.97 Å². The molecule has 98 valence electrons. The van der Waals surface area contributed by atoms with Crippen LogP contribution < -0.4 is 5.32 Å². The maximum atomic E-state index is 12.5. The van der Waals surface area contributed by atoms with Gasteiger partial charge < -0.3 is 10.1 Å². The molecule has 1 atom stereocenters. The SMILES string of the molecule is CC(C)(C)OC(=O)C1(c2ccccc2)CCNC1. The zero-order chi connectivity index (χ0) is 13.2. The molecule has 18 heavy (non-hydrogen) atoms. The third kappa shape index (κ3) is 2.56. The van der Waals surface area contributed by atoms with Crippen LogP contribution in [0.25, 0.3) is 0 Å². The highest BCUT2D eigenvalue weighted by Crippen LogP contribution is 2.33. The predicted molar refractivity (Wildman–Crippen MR) is 71.5 cm³/mol. The molecule has 1 unspecified atom stereocenters. The van der Waals surface area contributed by atoms with Crippen LogP contribution in [0.15, 0.2) is 30.3 Å². The number of hydrogen-bond acceptors (Lipinski definition) is 3. The largest absolute Gasteiger partial charge is 0.459 e. The maximum absolute atomic E-state index is 12.5. The standard InChI is InChI=1S/C15H21NO2/c1-14(2,3)18-13(17)15(9-10-16-11-15)12-7-5-4-6-8-12/h4-8,16H,9-11H2,1-3H3. The van der Waals surface area contributed by atoms with Gasteiger partial charge in [-0.15, -0.1) is 0 Å². The molecule has 1 aromatic rings. The fraction of sp³-hybridized carbons (Fsp3) is 0.533. The smallest absolute Gasteiger partial charge is 0.318 e. The minimum atomic E-state index is -0.519. The van der Waals surface area contributed by atoms with Crippen molar-refractivity contribution in [3.63, 3.8) is 0 Å². The number of rotatable bonds is 2. The number of hydrogen-bond donors (Lipinski definition) is 1. The molecular formula is C15H21NO2. The van der Waals surface area contributed by atoms with Gasteiger partial charge in [0.25, 0.3) is 0 Å². The summed E-state index contributed by atoms with van der Waals surface area (Å²) in [5.74, 6) is -0.119. The van der Waals surface area contributed by atoms with Crippen LogP contribution in [0, 0.1) is 0 Å². The number of esters is 1. The van der Waals surface area contributed by atoms with Crippen molar-refractivity contribution in [2.45, 2.75) is 38.2 Å². The normalized spacial score (nSPS) is 23.9. The third-order valence-corrected chi connectivity index (χ3v) is 3.27. The average Bonchev–Trinajstić information content (AvgIpc) is 2.78. The molecular weight excluding hydrogens is 226 g/mol. The van der Waals surface area contributed by atoms with Gasteiger partial charge in [-0.1, -0.05) is 30.3 Å². The van der Waals surface area contributed by atoms with Gasteiger partial charge in [-0.05, 0) is 39.3 Å². The first-order chi connectivity index (χ1) is 8.44. The molecule has 2 rings (SSSR count). The minimum Gasteiger partial charge on any atom is -0.459 e. The van der Waals surface area contributed by atoms with E-state index < -0.39 is 11.0 Å². The van der Waals surface area contributed by atoms with Crippen LogP contribution in [-0.4, -0.2) is 24.7 Å². The van der Waals surface area contributed by atoms with Gasteiger partial charge >= 0.3 is 5.97 Å². The molecule has 3 nitrogen and oxygen atoms in total. The summed E-state index contributed by atoms with van der Waals surface area (Å²) in [5, 5.41) is 3.28. The molecule has 0 amide bonds. The van der Waals surface area contributed by atoms with Gasteiger partial charge in [0.2, 0.25) is 0 Å². The van der Waals surface area contributed by atoms with E-state index in [1.54, 1.807) is 0 Å². The van der Waals surface area contributed by atoms with Crippen molar-refractivity contribution < 1.29 is 9.53 Å². The summed E-state index contributed by atoms with van der Waals surface area (Å²) in [4.78, 5) is 12.5. The zero-order valence-electron chi connectivity index (χ0n) is 11.3. The Kier molecular flexibility index (Phi) is 3.44. The second kappa shape index (κ2) is 4.73. The van der Waals surface area contributed by atoms with Gasteiger partial charge in [0.05, 0.1) is 0 Å². The Morgan fingerprint density at radius 1 is 1.28 bits per heavy atom. The Balaban J connectivity index is 2.31. The first-order valence-electron chi connectivity index (χ1n) is 6.44. The summed E-state index contributed by atoms with van der Waals surface area (Å²) in [7, 11) is 0. The first kappa shape index (κ1) is 13.1. The summed E-state index contributed by atoms with van der Waals surface area (Å²) >= 11 is 0. The topological polar surface area (TPSA) is 38.3 Å². The van der Waals surface area contributed by atoms with Crippen LogP contribution in [-0.2, 0) is 14.9 Å². The van der Waals surface area contributed by atoms with Crippen LogP contribution >= 0.6 is 0 Å². The van der Waals surface area contributed by atoms with Crippen molar-refractivity contribution in [2.75, 3.05) is 13.1 Å². The Bertz CT molecular complexity index is 414. The van der Waals surface area contributed by atoms with Gasteiger partial charge in [-0.25, -0.2) is 0 Å². The van der Waals surface area contributed by atoms with E-state index >= 15 is 0 Å². The lowest BCUT2D eigenvalue weighted by molar-refractivity contribution is -0.161. The summed E-state index contributed by atoms with van der Waals surface area (Å²) in [6, 6.07) is 9.93. The van der Waals surface area contributed by atoms with Crippen molar-refractivity contribution in [3.05, 3.63) is 35.9 Å². The van der Waals surface area contributed by atoms with Gasteiger partial charge in [0.15, 0.2) is 0 Å². The molecule has 0 spiro atoms. The number of benzene rings is 1. The fourth-order valence-corrected chi connectivity index (χ4v) is 2.36. The van der Waals surface area contributed by atoms with E-state index in [1.165, 1.54) is 0 Å². The second-order valence-electron chi connectivity index (χ2n) is 5.88. The van der Waals surface area contributed by atoms with Crippen molar-refractivity contribution in [1.29, 1.82) is 0 Å². The van der Waals surface area contributed by atoms with Gasteiger partial charge in [-0.3, -0.25) is 4.79 Å². The zero-order valence-corrected chi connectivity index (χ0v) is 11.3. The Morgan fingerprint density at radius 3 is 2.44 bits per heavy atom. The highest BCUT2D eigenvalue weighted by atomic mass is 16.6. The summed E-state index contributed by atoms with van der Waals surface area (Å²) in [6.07, 6.45) is 0.798. The molecule has 1 heterocycles. The Morgan fingerprint density at radius 2 is 1.94 bits per heavy atom. The van der Waals surface area contributed by atoms with Gasteiger partial charge in [0.1, 0.15) is 11.0 Å². The van der Waals surface area contributed by atoms with Crippen molar-refractivity contribution in [2.24, 2.45) is 0 Å². The Labute approximate surface area is 109 Å². The van der Waals surface area contributed by atoms with Crippen molar-refractivity contribution in [1.82, 2.24) is 5.32 Å². The maximum Gasteiger partial charge on any atom is 0.318 e. The highest BCUT2D eigenvalue weighted by molar-refractivity contribution is 5.84. The monoisotopic (exact) mass is 247 g/mol. The lowest BCUT2D eigenvalue weighted by atomic mass is 9.79. The van der Waals surface area contributed by atoms with Crippen LogP contribution in [0.3, 0.4) is 0 Å². The van der Waals surface area contributed by atoms with Crippen LogP contribution in [0.4, 0.5) is 0 Å². The van der Waals surface area contributed by atoms with E-state index in [9.17, 15) is 4.79 Å². The molecule has 0 radical (unpaired) electrons. The van der Waals surface area contributed by atoms with Crippen LogP contribution in [0.5, 0.6) is 0 Å². The molecule has 0 saturated carbocycles. The summed E-state index contributed by atoms with van der Waals surface area (Å²) in [5.41, 5.74) is 0.0833. The van der Waals surface area contributed by atoms with Crippen LogP contribution in [0.1, 0.15) is 32.8 Å². The fourth-order valence-electron chi connectivity index (χ4n) is 2.36.